The Bertz CT molecular complexity index is 412. The fourth-order valence-electron chi connectivity index (χ4n) is 1.41. The number of nitro groups is 1. The summed E-state index contributed by atoms with van der Waals surface area (Å²) in [4.78, 5) is 18.0. The summed E-state index contributed by atoms with van der Waals surface area (Å²) in [5.74, 6) is 0.391. The third-order valence-electron chi connectivity index (χ3n) is 2.32. The second-order valence-corrected chi connectivity index (χ2v) is 3.76. The SMILES string of the molecule is CCCC(O)CNc1nc(NC)ncc1[N+](=O)[O-]. The van der Waals surface area contributed by atoms with Gasteiger partial charge in [-0.25, -0.2) is 4.98 Å². The number of nitrogens with zero attached hydrogens (tertiary/aromatic N) is 3. The van der Waals surface area contributed by atoms with Gasteiger partial charge in [-0.15, -0.1) is 0 Å². The number of hydrogen-bond acceptors (Lipinski definition) is 7. The molecule has 0 fully saturated rings. The first-order chi connectivity index (χ1) is 8.58. The number of anilines is 2. The van der Waals surface area contributed by atoms with E-state index < -0.39 is 11.0 Å². The van der Waals surface area contributed by atoms with E-state index in [1.165, 1.54) is 0 Å². The molecule has 0 saturated carbocycles. The van der Waals surface area contributed by atoms with Crippen molar-refractivity contribution in [2.24, 2.45) is 0 Å². The van der Waals surface area contributed by atoms with Gasteiger partial charge in [0.25, 0.3) is 0 Å². The maximum Gasteiger partial charge on any atom is 0.329 e. The van der Waals surface area contributed by atoms with Gasteiger partial charge in [0.05, 0.1) is 11.0 Å². The second kappa shape index (κ2) is 6.70. The maximum absolute atomic E-state index is 10.8. The lowest BCUT2D eigenvalue weighted by molar-refractivity contribution is -0.384. The van der Waals surface area contributed by atoms with Gasteiger partial charge in [0.15, 0.2) is 0 Å². The molecule has 1 heterocycles. The summed E-state index contributed by atoms with van der Waals surface area (Å²) >= 11 is 0. The maximum atomic E-state index is 10.8. The van der Waals surface area contributed by atoms with E-state index in [0.29, 0.717) is 6.42 Å². The number of rotatable bonds is 7. The molecule has 0 amide bonds. The highest BCUT2D eigenvalue weighted by atomic mass is 16.6. The Balaban J connectivity index is 2.80. The third kappa shape index (κ3) is 3.81. The third-order valence-corrected chi connectivity index (χ3v) is 2.32. The van der Waals surface area contributed by atoms with Crippen LogP contribution in [-0.4, -0.2) is 39.7 Å². The van der Waals surface area contributed by atoms with Crippen LogP contribution < -0.4 is 10.6 Å². The van der Waals surface area contributed by atoms with E-state index in [0.717, 1.165) is 12.6 Å². The molecule has 0 saturated heterocycles. The Morgan fingerprint density at radius 2 is 2.33 bits per heavy atom. The van der Waals surface area contributed by atoms with Gasteiger partial charge in [0.2, 0.25) is 11.8 Å². The van der Waals surface area contributed by atoms with Gasteiger partial charge in [-0.05, 0) is 6.42 Å². The van der Waals surface area contributed by atoms with Gasteiger partial charge >= 0.3 is 5.69 Å². The first kappa shape index (κ1) is 14.1. The largest absolute Gasteiger partial charge is 0.391 e. The quantitative estimate of drug-likeness (QED) is 0.492. The van der Waals surface area contributed by atoms with Crippen molar-refractivity contribution in [2.45, 2.75) is 25.9 Å². The first-order valence-electron chi connectivity index (χ1n) is 5.69. The minimum Gasteiger partial charge on any atom is -0.391 e. The zero-order chi connectivity index (χ0) is 13.5. The summed E-state index contributed by atoms with van der Waals surface area (Å²) in [5.41, 5.74) is -0.210. The second-order valence-electron chi connectivity index (χ2n) is 3.76. The van der Waals surface area contributed by atoms with Crippen molar-refractivity contribution < 1.29 is 10.0 Å². The van der Waals surface area contributed by atoms with E-state index in [2.05, 4.69) is 20.6 Å². The molecule has 8 nitrogen and oxygen atoms in total. The monoisotopic (exact) mass is 255 g/mol. The van der Waals surface area contributed by atoms with Crippen LogP contribution in [0.3, 0.4) is 0 Å². The number of aromatic nitrogens is 2. The average molecular weight is 255 g/mol. The normalized spacial score (nSPS) is 11.9. The topological polar surface area (TPSA) is 113 Å². The molecule has 0 radical (unpaired) electrons. The van der Waals surface area contributed by atoms with Crippen molar-refractivity contribution in [2.75, 3.05) is 24.2 Å². The number of aliphatic hydroxyl groups is 1. The summed E-state index contributed by atoms with van der Waals surface area (Å²) in [7, 11) is 1.62. The van der Waals surface area contributed by atoms with Gasteiger partial charge in [-0.2, -0.15) is 4.98 Å². The molecule has 0 spiro atoms. The van der Waals surface area contributed by atoms with Crippen LogP contribution >= 0.6 is 0 Å². The zero-order valence-electron chi connectivity index (χ0n) is 10.4. The molecule has 1 aromatic rings. The van der Waals surface area contributed by atoms with E-state index in [1.54, 1.807) is 7.05 Å². The van der Waals surface area contributed by atoms with Gasteiger partial charge in [-0.3, -0.25) is 10.1 Å². The van der Waals surface area contributed by atoms with Gasteiger partial charge in [0.1, 0.15) is 6.20 Å². The van der Waals surface area contributed by atoms with Crippen molar-refractivity contribution in [3.8, 4) is 0 Å². The van der Waals surface area contributed by atoms with E-state index in [4.69, 9.17) is 0 Å². The van der Waals surface area contributed by atoms with Crippen molar-refractivity contribution in [3.05, 3.63) is 16.3 Å². The Morgan fingerprint density at radius 1 is 1.61 bits per heavy atom. The predicted molar refractivity (Wildman–Crippen MR) is 67.6 cm³/mol. The molecule has 1 rings (SSSR count). The lowest BCUT2D eigenvalue weighted by atomic mass is 10.2. The van der Waals surface area contributed by atoms with E-state index >= 15 is 0 Å². The summed E-state index contributed by atoms with van der Waals surface area (Å²) in [5, 5.41) is 25.8. The van der Waals surface area contributed by atoms with Crippen molar-refractivity contribution >= 4 is 17.5 Å². The van der Waals surface area contributed by atoms with Crippen LogP contribution in [0, 0.1) is 10.1 Å². The van der Waals surface area contributed by atoms with Crippen LogP contribution in [0.1, 0.15) is 19.8 Å². The molecule has 1 aromatic heterocycles. The van der Waals surface area contributed by atoms with E-state index in [1.807, 2.05) is 6.92 Å². The highest BCUT2D eigenvalue weighted by Crippen LogP contribution is 2.21. The summed E-state index contributed by atoms with van der Waals surface area (Å²) in [6, 6.07) is 0. The van der Waals surface area contributed by atoms with Crippen molar-refractivity contribution in [1.82, 2.24) is 9.97 Å². The Morgan fingerprint density at radius 3 is 2.89 bits per heavy atom. The summed E-state index contributed by atoms with van der Waals surface area (Å²) < 4.78 is 0. The van der Waals surface area contributed by atoms with Crippen molar-refractivity contribution in [3.63, 3.8) is 0 Å². The molecule has 100 valence electrons. The molecular formula is C10H17N5O3. The molecule has 1 atom stereocenters. The van der Waals surface area contributed by atoms with Crippen LogP contribution in [0.2, 0.25) is 0 Å². The standard InChI is InChI=1S/C10H17N5O3/c1-3-4-7(16)5-12-9-8(15(17)18)6-13-10(11-2)14-9/h6-7,16H,3-5H2,1-2H3,(H2,11,12,13,14). The van der Waals surface area contributed by atoms with Crippen LogP contribution in [0.4, 0.5) is 17.5 Å². The molecule has 0 aliphatic rings. The molecule has 1 unspecified atom stereocenters. The minimum absolute atomic E-state index is 0.106. The van der Waals surface area contributed by atoms with Gasteiger partial charge in [0, 0.05) is 13.6 Å². The van der Waals surface area contributed by atoms with Gasteiger partial charge in [-0.1, -0.05) is 13.3 Å². The van der Waals surface area contributed by atoms with E-state index in [-0.39, 0.29) is 24.0 Å². The Labute approximate surface area is 105 Å². The fourth-order valence-corrected chi connectivity index (χ4v) is 1.41. The molecule has 18 heavy (non-hydrogen) atoms. The molecular weight excluding hydrogens is 238 g/mol. The number of hydrogen-bond donors (Lipinski definition) is 3. The average Bonchev–Trinajstić information content (AvgIpc) is 2.36. The predicted octanol–water partition coefficient (Wildman–Crippen LogP) is 0.999. The molecule has 0 aliphatic heterocycles. The van der Waals surface area contributed by atoms with E-state index in [9.17, 15) is 15.2 Å². The lowest BCUT2D eigenvalue weighted by Crippen LogP contribution is -2.20. The van der Waals surface area contributed by atoms with Crippen molar-refractivity contribution in [1.29, 1.82) is 0 Å². The summed E-state index contributed by atoms with van der Waals surface area (Å²) in [6.45, 7) is 2.17. The Kier molecular flexibility index (Phi) is 5.25. The lowest BCUT2D eigenvalue weighted by Gasteiger charge is -2.11. The highest BCUT2D eigenvalue weighted by molar-refractivity contribution is 5.56. The van der Waals surface area contributed by atoms with Crippen LogP contribution in [-0.2, 0) is 0 Å². The molecule has 3 N–H and O–H groups in total. The summed E-state index contributed by atoms with van der Waals surface area (Å²) in [6.07, 6.45) is 2.05. The van der Waals surface area contributed by atoms with Crippen LogP contribution in [0.25, 0.3) is 0 Å². The number of aliphatic hydroxyl groups excluding tert-OH is 1. The van der Waals surface area contributed by atoms with Crippen LogP contribution in [0.15, 0.2) is 6.20 Å². The fraction of sp³-hybridized carbons (Fsp3) is 0.600. The minimum atomic E-state index is -0.562. The molecule has 0 aromatic carbocycles. The molecule has 0 bridgehead atoms. The zero-order valence-corrected chi connectivity index (χ0v) is 10.4. The molecule has 0 aliphatic carbocycles. The number of nitrogens with one attached hydrogen (secondary N) is 2. The molecule has 8 heteroatoms. The van der Waals surface area contributed by atoms with Gasteiger partial charge < -0.3 is 15.7 Å². The smallest absolute Gasteiger partial charge is 0.329 e. The first-order valence-corrected chi connectivity index (χ1v) is 5.69. The Hall–Kier alpha value is -1.96. The van der Waals surface area contributed by atoms with Crippen LogP contribution in [0.5, 0.6) is 0 Å². The highest BCUT2D eigenvalue weighted by Gasteiger charge is 2.17.